The summed E-state index contributed by atoms with van der Waals surface area (Å²) in [7, 11) is 0. The fourth-order valence-electron chi connectivity index (χ4n) is 2.32. The summed E-state index contributed by atoms with van der Waals surface area (Å²) in [6.45, 7) is 0.0219. The fourth-order valence-corrected chi connectivity index (χ4v) is 3.14. The van der Waals surface area contributed by atoms with Gasteiger partial charge in [0.15, 0.2) is 0 Å². The predicted octanol–water partition coefficient (Wildman–Crippen LogP) is 3.96. The lowest BCUT2D eigenvalue weighted by Crippen LogP contribution is -2.28. The number of benzene rings is 1. The Morgan fingerprint density at radius 1 is 1.08 bits per heavy atom. The second kappa shape index (κ2) is 6.60. The van der Waals surface area contributed by atoms with Gasteiger partial charge in [0, 0.05) is 18.0 Å². The maximum atomic E-state index is 12.8. The minimum atomic E-state index is -4.65. The first-order valence-corrected chi connectivity index (χ1v) is 8.05. The lowest BCUT2D eigenvalue weighted by atomic mass is 10.2. The molecule has 0 saturated heterocycles. The third-order valence-electron chi connectivity index (χ3n) is 3.46. The number of thiazole rings is 1. The number of hydrogen-bond acceptors (Lipinski definition) is 3. The average molecular weight is 350 g/mol. The fraction of sp³-hybridized carbons (Fsp3) is 0.176. The predicted molar refractivity (Wildman–Crippen MR) is 86.2 cm³/mol. The molecule has 0 atom stereocenters. The molecule has 0 N–H and O–H groups in total. The molecule has 3 nitrogen and oxygen atoms in total. The second-order valence-corrected chi connectivity index (χ2v) is 6.19. The van der Waals surface area contributed by atoms with E-state index in [-0.39, 0.29) is 6.54 Å². The van der Waals surface area contributed by atoms with Gasteiger partial charge in [0.2, 0.25) is 0 Å². The molecule has 24 heavy (non-hydrogen) atoms. The SMILES string of the molecule is O=c1c(C(F)(F)F)cccn1Cc1csc(Cc2ccccc2)n1. The van der Waals surface area contributed by atoms with Crippen LogP contribution in [-0.4, -0.2) is 9.55 Å². The van der Waals surface area contributed by atoms with Crippen molar-refractivity contribution in [2.24, 2.45) is 0 Å². The van der Waals surface area contributed by atoms with E-state index in [2.05, 4.69) is 4.98 Å². The molecule has 7 heteroatoms. The number of aromatic nitrogens is 2. The lowest BCUT2D eigenvalue weighted by Gasteiger charge is -2.09. The van der Waals surface area contributed by atoms with E-state index >= 15 is 0 Å². The number of rotatable bonds is 4. The molecule has 0 aliphatic rings. The van der Waals surface area contributed by atoms with Crippen LogP contribution in [0.4, 0.5) is 13.2 Å². The molecule has 0 aliphatic carbocycles. The van der Waals surface area contributed by atoms with Gasteiger partial charge in [-0.15, -0.1) is 11.3 Å². The Balaban J connectivity index is 1.79. The molecule has 1 aromatic carbocycles. The van der Waals surface area contributed by atoms with Crippen LogP contribution in [0.2, 0.25) is 0 Å². The van der Waals surface area contributed by atoms with Crippen LogP contribution in [0.3, 0.4) is 0 Å². The molecule has 2 heterocycles. The lowest BCUT2D eigenvalue weighted by molar-refractivity contribution is -0.138. The average Bonchev–Trinajstić information content (AvgIpc) is 2.96. The first-order valence-electron chi connectivity index (χ1n) is 7.17. The van der Waals surface area contributed by atoms with Gasteiger partial charge < -0.3 is 4.57 Å². The Bertz CT molecular complexity index is 885. The summed E-state index contributed by atoms with van der Waals surface area (Å²) in [6, 6.07) is 11.8. The van der Waals surface area contributed by atoms with Crippen LogP contribution < -0.4 is 5.56 Å². The standard InChI is InChI=1S/C17H13F3N2OS/c18-17(19,20)14-7-4-8-22(16(14)23)10-13-11-24-15(21-13)9-12-5-2-1-3-6-12/h1-8,11H,9-10H2. The van der Waals surface area contributed by atoms with E-state index in [1.807, 2.05) is 30.3 Å². The van der Waals surface area contributed by atoms with Gasteiger partial charge in [-0.1, -0.05) is 30.3 Å². The van der Waals surface area contributed by atoms with Crippen molar-refractivity contribution < 1.29 is 13.2 Å². The smallest absolute Gasteiger partial charge is 0.309 e. The summed E-state index contributed by atoms with van der Waals surface area (Å²) in [6.07, 6.45) is -2.66. The van der Waals surface area contributed by atoms with E-state index in [1.165, 1.54) is 23.6 Å². The van der Waals surface area contributed by atoms with Crippen molar-refractivity contribution in [1.29, 1.82) is 0 Å². The molecule has 0 aliphatic heterocycles. The maximum absolute atomic E-state index is 12.8. The Labute approximate surface area is 140 Å². The van der Waals surface area contributed by atoms with Crippen LogP contribution >= 0.6 is 11.3 Å². The largest absolute Gasteiger partial charge is 0.421 e. The van der Waals surface area contributed by atoms with Gasteiger partial charge >= 0.3 is 6.18 Å². The van der Waals surface area contributed by atoms with Crippen molar-refractivity contribution in [2.75, 3.05) is 0 Å². The van der Waals surface area contributed by atoms with E-state index in [0.717, 1.165) is 21.2 Å². The van der Waals surface area contributed by atoms with Crippen molar-refractivity contribution in [3.63, 3.8) is 0 Å². The third kappa shape index (κ3) is 3.73. The normalized spacial score (nSPS) is 11.6. The van der Waals surface area contributed by atoms with E-state index in [9.17, 15) is 18.0 Å². The molecule has 0 spiro atoms. The van der Waals surface area contributed by atoms with Crippen molar-refractivity contribution >= 4 is 11.3 Å². The summed E-state index contributed by atoms with van der Waals surface area (Å²) < 4.78 is 39.4. The summed E-state index contributed by atoms with van der Waals surface area (Å²) in [5, 5.41) is 2.63. The highest BCUT2D eigenvalue weighted by atomic mass is 32.1. The van der Waals surface area contributed by atoms with Crippen LogP contribution in [0, 0.1) is 0 Å². The van der Waals surface area contributed by atoms with Crippen LogP contribution in [0.15, 0.2) is 58.8 Å². The molecule has 2 aromatic heterocycles. The van der Waals surface area contributed by atoms with Crippen molar-refractivity contribution in [1.82, 2.24) is 9.55 Å². The van der Waals surface area contributed by atoms with Gasteiger partial charge in [0.1, 0.15) is 5.56 Å². The van der Waals surface area contributed by atoms with E-state index in [0.29, 0.717) is 12.1 Å². The van der Waals surface area contributed by atoms with Gasteiger partial charge in [-0.2, -0.15) is 13.2 Å². The Kier molecular flexibility index (Phi) is 4.53. The van der Waals surface area contributed by atoms with Gasteiger partial charge in [-0.3, -0.25) is 4.79 Å². The zero-order chi connectivity index (χ0) is 17.2. The van der Waals surface area contributed by atoms with Gasteiger partial charge in [-0.25, -0.2) is 4.98 Å². The molecule has 0 saturated carbocycles. The summed E-state index contributed by atoms with van der Waals surface area (Å²) >= 11 is 1.43. The third-order valence-corrected chi connectivity index (χ3v) is 4.35. The Morgan fingerprint density at radius 3 is 2.54 bits per heavy atom. The summed E-state index contributed by atoms with van der Waals surface area (Å²) in [5.74, 6) is 0. The zero-order valence-corrected chi connectivity index (χ0v) is 13.3. The molecule has 0 radical (unpaired) electrons. The highest BCUT2D eigenvalue weighted by Crippen LogP contribution is 2.26. The number of nitrogens with zero attached hydrogens (tertiary/aromatic N) is 2. The van der Waals surface area contributed by atoms with Gasteiger partial charge in [0.05, 0.1) is 17.2 Å². The maximum Gasteiger partial charge on any atom is 0.421 e. The van der Waals surface area contributed by atoms with Crippen LogP contribution in [0.5, 0.6) is 0 Å². The van der Waals surface area contributed by atoms with Crippen LogP contribution in [0.25, 0.3) is 0 Å². The zero-order valence-electron chi connectivity index (χ0n) is 12.5. The highest BCUT2D eigenvalue weighted by molar-refractivity contribution is 7.09. The monoisotopic (exact) mass is 350 g/mol. The summed E-state index contributed by atoms with van der Waals surface area (Å²) in [4.78, 5) is 16.3. The van der Waals surface area contributed by atoms with Gasteiger partial charge in [-0.05, 0) is 17.7 Å². The molecule has 0 fully saturated rings. The Morgan fingerprint density at radius 2 is 1.83 bits per heavy atom. The van der Waals surface area contributed by atoms with Crippen molar-refractivity contribution in [3.05, 3.63) is 86.2 Å². The first kappa shape index (κ1) is 16.4. The highest BCUT2D eigenvalue weighted by Gasteiger charge is 2.34. The first-order chi connectivity index (χ1) is 11.4. The van der Waals surface area contributed by atoms with Crippen LogP contribution in [0.1, 0.15) is 21.8 Å². The van der Waals surface area contributed by atoms with Crippen LogP contribution in [-0.2, 0) is 19.1 Å². The molecule has 3 aromatic rings. The molecular formula is C17H13F3N2OS. The number of hydrogen-bond donors (Lipinski definition) is 0. The molecule has 0 amide bonds. The topological polar surface area (TPSA) is 34.9 Å². The molecule has 3 rings (SSSR count). The molecular weight excluding hydrogens is 337 g/mol. The van der Waals surface area contributed by atoms with Crippen molar-refractivity contribution in [2.45, 2.75) is 19.1 Å². The number of pyridine rings is 1. The van der Waals surface area contributed by atoms with E-state index < -0.39 is 17.3 Å². The molecule has 0 bridgehead atoms. The quantitative estimate of drug-likeness (QED) is 0.714. The summed E-state index contributed by atoms with van der Waals surface area (Å²) in [5.41, 5.74) is -0.533. The molecule has 0 unspecified atom stereocenters. The Hall–Kier alpha value is -2.41. The minimum Gasteiger partial charge on any atom is -0.309 e. The number of halogens is 3. The second-order valence-electron chi connectivity index (χ2n) is 5.25. The van der Waals surface area contributed by atoms with Gasteiger partial charge in [0.25, 0.3) is 5.56 Å². The minimum absolute atomic E-state index is 0.0219. The van der Waals surface area contributed by atoms with Crippen molar-refractivity contribution in [3.8, 4) is 0 Å². The van der Waals surface area contributed by atoms with E-state index in [1.54, 1.807) is 5.38 Å². The molecule has 124 valence electrons. The van der Waals surface area contributed by atoms with E-state index in [4.69, 9.17) is 0 Å². The number of alkyl halides is 3.